The molecule has 1 aliphatic heterocycles. The van der Waals surface area contributed by atoms with Crippen molar-refractivity contribution in [2.24, 2.45) is 16.5 Å². The highest BCUT2D eigenvalue weighted by atomic mass is 19.4. The van der Waals surface area contributed by atoms with E-state index in [9.17, 15) is 13.2 Å². The molecule has 102 valence electrons. The molecular weight excluding hydrogens is 257 g/mol. The molecule has 0 saturated carbocycles. The summed E-state index contributed by atoms with van der Waals surface area (Å²) >= 11 is 0. The number of rotatable bonds is 2. The summed E-state index contributed by atoms with van der Waals surface area (Å²) in [7, 11) is 0. The Balaban J connectivity index is 2.34. The fourth-order valence-electron chi connectivity index (χ4n) is 1.92. The summed E-state index contributed by atoms with van der Waals surface area (Å²) in [5.41, 5.74) is 9.51. The van der Waals surface area contributed by atoms with Gasteiger partial charge in [-0.05, 0) is 17.7 Å². The molecule has 1 heterocycles. The minimum absolute atomic E-state index is 0.0782. The molecule has 4 nitrogen and oxygen atoms in total. The summed E-state index contributed by atoms with van der Waals surface area (Å²) in [5.74, 6) is 0.0782. The van der Waals surface area contributed by atoms with Crippen LogP contribution in [-0.2, 0) is 12.6 Å². The Morgan fingerprint density at radius 2 is 1.95 bits per heavy atom. The summed E-state index contributed by atoms with van der Waals surface area (Å²) < 4.78 is 38.6. The molecule has 1 aromatic rings. The van der Waals surface area contributed by atoms with E-state index in [1.165, 1.54) is 30.5 Å². The van der Waals surface area contributed by atoms with Crippen LogP contribution in [0.25, 0.3) is 0 Å². The molecule has 0 amide bonds. The number of guanidine groups is 1. The highest BCUT2D eigenvalue weighted by Crippen LogP contribution is 2.33. The number of aliphatic imine (C=N–C) groups is 1. The van der Waals surface area contributed by atoms with Gasteiger partial charge in [-0.25, -0.2) is 4.99 Å². The van der Waals surface area contributed by atoms with Crippen LogP contribution in [0.1, 0.15) is 11.1 Å². The van der Waals surface area contributed by atoms with Gasteiger partial charge in [0.15, 0.2) is 5.96 Å². The van der Waals surface area contributed by atoms with Crippen LogP contribution >= 0.6 is 0 Å². The Labute approximate surface area is 108 Å². The number of halogens is 3. The number of hydrogen-bond acceptors (Lipinski definition) is 4. The average molecular weight is 270 g/mol. The summed E-state index contributed by atoms with van der Waals surface area (Å²) in [6.45, 7) is 0. The first-order chi connectivity index (χ1) is 8.80. The number of alkyl halides is 3. The zero-order valence-electron chi connectivity index (χ0n) is 9.91. The SMILES string of the molecule is NC1=NC(N)(Cc2ccccc2C(F)(F)F)C=CN1. The van der Waals surface area contributed by atoms with Crippen LogP contribution in [0.2, 0.25) is 0 Å². The van der Waals surface area contributed by atoms with E-state index in [-0.39, 0.29) is 17.9 Å². The molecule has 2 rings (SSSR count). The van der Waals surface area contributed by atoms with Crippen molar-refractivity contribution in [1.82, 2.24) is 5.32 Å². The lowest BCUT2D eigenvalue weighted by Crippen LogP contribution is -2.46. The third-order valence-corrected chi connectivity index (χ3v) is 2.73. The highest BCUT2D eigenvalue weighted by molar-refractivity contribution is 5.80. The normalized spacial score (nSPS) is 22.8. The van der Waals surface area contributed by atoms with Crippen LogP contribution in [0.15, 0.2) is 41.5 Å². The van der Waals surface area contributed by atoms with Crippen molar-refractivity contribution >= 4 is 5.96 Å². The summed E-state index contributed by atoms with van der Waals surface area (Å²) in [5, 5.41) is 2.61. The van der Waals surface area contributed by atoms with E-state index in [4.69, 9.17) is 11.5 Å². The summed E-state index contributed by atoms with van der Waals surface area (Å²) in [6, 6.07) is 5.28. The van der Waals surface area contributed by atoms with Gasteiger partial charge in [0.25, 0.3) is 0 Å². The predicted octanol–water partition coefficient (Wildman–Crippen LogP) is 1.33. The molecule has 1 aliphatic rings. The molecule has 0 fully saturated rings. The largest absolute Gasteiger partial charge is 0.416 e. The van der Waals surface area contributed by atoms with Gasteiger partial charge < -0.3 is 16.8 Å². The van der Waals surface area contributed by atoms with E-state index in [1.807, 2.05) is 0 Å². The number of hydrogen-bond donors (Lipinski definition) is 3. The average Bonchev–Trinajstić information content (AvgIpc) is 2.27. The molecule has 0 aliphatic carbocycles. The number of nitrogens with two attached hydrogens (primary N) is 2. The van der Waals surface area contributed by atoms with Gasteiger partial charge in [-0.1, -0.05) is 18.2 Å². The van der Waals surface area contributed by atoms with E-state index < -0.39 is 17.4 Å². The first-order valence-electron chi connectivity index (χ1n) is 5.54. The van der Waals surface area contributed by atoms with E-state index in [1.54, 1.807) is 0 Å². The second kappa shape index (κ2) is 4.58. The van der Waals surface area contributed by atoms with Crippen molar-refractivity contribution in [1.29, 1.82) is 0 Å². The minimum atomic E-state index is -4.42. The number of nitrogens with one attached hydrogen (secondary N) is 1. The number of nitrogens with zero attached hydrogens (tertiary/aromatic N) is 1. The molecule has 0 bridgehead atoms. The molecule has 1 unspecified atom stereocenters. The minimum Gasteiger partial charge on any atom is -0.370 e. The van der Waals surface area contributed by atoms with E-state index >= 15 is 0 Å². The van der Waals surface area contributed by atoms with E-state index in [0.717, 1.165) is 6.07 Å². The second-order valence-corrected chi connectivity index (χ2v) is 4.30. The molecule has 0 saturated heterocycles. The third-order valence-electron chi connectivity index (χ3n) is 2.73. The zero-order valence-corrected chi connectivity index (χ0v) is 9.91. The Hall–Kier alpha value is -2.02. The molecular formula is C12H13F3N4. The second-order valence-electron chi connectivity index (χ2n) is 4.30. The molecule has 1 aromatic carbocycles. The predicted molar refractivity (Wildman–Crippen MR) is 66.0 cm³/mol. The first-order valence-corrected chi connectivity index (χ1v) is 5.54. The fraction of sp³-hybridized carbons (Fsp3) is 0.250. The van der Waals surface area contributed by atoms with Gasteiger partial charge in [-0.2, -0.15) is 13.2 Å². The van der Waals surface area contributed by atoms with Gasteiger partial charge in [-0.3, -0.25) is 0 Å². The smallest absolute Gasteiger partial charge is 0.370 e. The zero-order chi connectivity index (χ0) is 14.1. The maximum absolute atomic E-state index is 12.9. The van der Waals surface area contributed by atoms with Crippen LogP contribution in [0.3, 0.4) is 0 Å². The van der Waals surface area contributed by atoms with Gasteiger partial charge >= 0.3 is 6.18 Å². The monoisotopic (exact) mass is 270 g/mol. The van der Waals surface area contributed by atoms with Crippen molar-refractivity contribution in [2.75, 3.05) is 0 Å². The van der Waals surface area contributed by atoms with Crippen LogP contribution in [0.4, 0.5) is 13.2 Å². The molecule has 19 heavy (non-hydrogen) atoms. The van der Waals surface area contributed by atoms with Gasteiger partial charge in [0, 0.05) is 12.6 Å². The first kappa shape index (κ1) is 13.4. The summed E-state index contributed by atoms with van der Waals surface area (Å²) in [6.07, 6.45) is -1.55. The lowest BCUT2D eigenvalue weighted by molar-refractivity contribution is -0.138. The van der Waals surface area contributed by atoms with Crippen molar-refractivity contribution in [3.63, 3.8) is 0 Å². The third kappa shape index (κ3) is 3.05. The standard InChI is InChI=1S/C12H13F3N4/c13-12(14,15)9-4-2-1-3-8(9)7-11(17)5-6-18-10(16)19-11/h1-6H,7,17H2,(H3,16,18,19). The Kier molecular flexibility index (Phi) is 3.23. The van der Waals surface area contributed by atoms with Gasteiger partial charge in [0.2, 0.25) is 0 Å². The quantitative estimate of drug-likeness (QED) is 0.759. The van der Waals surface area contributed by atoms with Crippen LogP contribution in [0, 0.1) is 0 Å². The molecule has 0 aromatic heterocycles. The Morgan fingerprint density at radius 1 is 1.26 bits per heavy atom. The lowest BCUT2D eigenvalue weighted by Gasteiger charge is -2.26. The molecule has 1 atom stereocenters. The van der Waals surface area contributed by atoms with E-state index in [2.05, 4.69) is 10.3 Å². The van der Waals surface area contributed by atoms with Crippen molar-refractivity contribution < 1.29 is 13.2 Å². The maximum Gasteiger partial charge on any atom is 0.416 e. The molecule has 5 N–H and O–H groups in total. The Morgan fingerprint density at radius 3 is 2.58 bits per heavy atom. The van der Waals surface area contributed by atoms with Crippen molar-refractivity contribution in [3.05, 3.63) is 47.7 Å². The van der Waals surface area contributed by atoms with Crippen LogP contribution in [-0.4, -0.2) is 11.6 Å². The topological polar surface area (TPSA) is 76.4 Å². The van der Waals surface area contributed by atoms with E-state index in [0.29, 0.717) is 0 Å². The van der Waals surface area contributed by atoms with Crippen LogP contribution < -0.4 is 16.8 Å². The van der Waals surface area contributed by atoms with Crippen molar-refractivity contribution in [2.45, 2.75) is 18.3 Å². The maximum atomic E-state index is 12.9. The lowest BCUT2D eigenvalue weighted by atomic mass is 9.95. The molecule has 0 spiro atoms. The van der Waals surface area contributed by atoms with Crippen molar-refractivity contribution in [3.8, 4) is 0 Å². The highest BCUT2D eigenvalue weighted by Gasteiger charge is 2.35. The fourth-order valence-corrected chi connectivity index (χ4v) is 1.92. The molecule has 7 heteroatoms. The van der Waals surface area contributed by atoms with Gasteiger partial charge in [0.1, 0.15) is 5.66 Å². The number of benzene rings is 1. The van der Waals surface area contributed by atoms with Gasteiger partial charge in [0.05, 0.1) is 5.56 Å². The molecule has 0 radical (unpaired) electrons. The van der Waals surface area contributed by atoms with Crippen LogP contribution in [0.5, 0.6) is 0 Å². The Bertz CT molecular complexity index is 536. The van der Waals surface area contributed by atoms with Gasteiger partial charge in [-0.15, -0.1) is 0 Å². The summed E-state index contributed by atoms with van der Waals surface area (Å²) in [4.78, 5) is 3.94.